The maximum absolute atomic E-state index is 5.49. The minimum Gasteiger partial charge on any atom is -0.495 e. The summed E-state index contributed by atoms with van der Waals surface area (Å²) in [6.45, 7) is 3.24. The molecule has 1 aromatic rings. The predicted molar refractivity (Wildman–Crippen MR) is 86.5 cm³/mol. The van der Waals surface area contributed by atoms with Gasteiger partial charge in [0.2, 0.25) is 0 Å². The summed E-state index contributed by atoms with van der Waals surface area (Å²) in [7, 11) is 1.73. The molecule has 0 aromatic carbocycles. The standard InChI is InChI=1S/C16H26N2OS/c1-3-8-17-14(12-13-6-10-20-11-7-13)16-15(19-2)5-4-9-18-16/h4-5,9,13-14,17H,3,6-8,10-12H2,1-2H3. The van der Waals surface area contributed by atoms with E-state index < -0.39 is 0 Å². The highest BCUT2D eigenvalue weighted by molar-refractivity contribution is 7.99. The molecule has 0 aliphatic carbocycles. The maximum Gasteiger partial charge on any atom is 0.141 e. The van der Waals surface area contributed by atoms with E-state index in [1.54, 1.807) is 7.11 Å². The van der Waals surface area contributed by atoms with E-state index in [1.165, 1.54) is 30.8 Å². The molecule has 1 N–H and O–H groups in total. The van der Waals surface area contributed by atoms with Gasteiger partial charge >= 0.3 is 0 Å². The Hall–Kier alpha value is -0.740. The summed E-state index contributed by atoms with van der Waals surface area (Å²) >= 11 is 2.09. The van der Waals surface area contributed by atoms with Crippen molar-refractivity contribution in [1.82, 2.24) is 10.3 Å². The van der Waals surface area contributed by atoms with Crippen LogP contribution in [0.2, 0.25) is 0 Å². The normalized spacial score (nSPS) is 17.9. The van der Waals surface area contributed by atoms with Gasteiger partial charge in [0.25, 0.3) is 0 Å². The first kappa shape index (κ1) is 15.6. The number of nitrogens with zero attached hydrogens (tertiary/aromatic N) is 1. The van der Waals surface area contributed by atoms with E-state index in [1.807, 2.05) is 18.3 Å². The topological polar surface area (TPSA) is 34.2 Å². The number of thioether (sulfide) groups is 1. The molecular weight excluding hydrogens is 268 g/mol. The van der Waals surface area contributed by atoms with Gasteiger partial charge in [-0.15, -0.1) is 0 Å². The third-order valence-corrected chi connectivity index (χ3v) is 4.95. The molecule has 1 aliphatic heterocycles. The van der Waals surface area contributed by atoms with Gasteiger partial charge in [-0.05, 0) is 61.8 Å². The van der Waals surface area contributed by atoms with Crippen LogP contribution in [0, 0.1) is 5.92 Å². The van der Waals surface area contributed by atoms with Gasteiger partial charge in [-0.3, -0.25) is 4.98 Å². The van der Waals surface area contributed by atoms with Crippen LogP contribution in [0.15, 0.2) is 18.3 Å². The zero-order valence-corrected chi connectivity index (χ0v) is 13.4. The molecule has 2 rings (SSSR count). The summed E-state index contributed by atoms with van der Waals surface area (Å²) in [5, 5.41) is 3.66. The lowest BCUT2D eigenvalue weighted by atomic mass is 9.92. The molecule has 1 saturated heterocycles. The van der Waals surface area contributed by atoms with Crippen LogP contribution in [0.1, 0.15) is 44.3 Å². The Kier molecular flexibility index (Phi) is 6.67. The highest BCUT2D eigenvalue weighted by atomic mass is 32.2. The first-order chi connectivity index (χ1) is 9.85. The molecule has 1 aromatic heterocycles. The average Bonchev–Trinajstić information content (AvgIpc) is 2.52. The summed E-state index contributed by atoms with van der Waals surface area (Å²) in [6, 6.07) is 4.27. The molecule has 1 unspecified atom stereocenters. The van der Waals surface area contributed by atoms with E-state index in [-0.39, 0.29) is 0 Å². The number of nitrogens with one attached hydrogen (secondary N) is 1. The van der Waals surface area contributed by atoms with Crippen molar-refractivity contribution in [3.8, 4) is 5.75 Å². The van der Waals surface area contributed by atoms with Crippen LogP contribution in [-0.4, -0.2) is 30.1 Å². The van der Waals surface area contributed by atoms with Crippen LogP contribution in [0.3, 0.4) is 0 Å². The third-order valence-electron chi connectivity index (χ3n) is 3.90. The van der Waals surface area contributed by atoms with E-state index >= 15 is 0 Å². The number of hydrogen-bond donors (Lipinski definition) is 1. The van der Waals surface area contributed by atoms with Crippen LogP contribution < -0.4 is 10.1 Å². The number of pyridine rings is 1. The Labute approximate surface area is 126 Å². The molecule has 0 saturated carbocycles. The minimum atomic E-state index is 0.319. The summed E-state index contributed by atoms with van der Waals surface area (Å²) < 4.78 is 5.49. The number of ether oxygens (including phenoxy) is 1. The van der Waals surface area contributed by atoms with Crippen molar-refractivity contribution in [2.45, 2.75) is 38.6 Å². The molecular formula is C16H26N2OS. The Morgan fingerprint density at radius 2 is 2.25 bits per heavy atom. The van der Waals surface area contributed by atoms with Gasteiger partial charge < -0.3 is 10.1 Å². The summed E-state index contributed by atoms with van der Waals surface area (Å²) in [5.41, 5.74) is 1.07. The molecule has 0 radical (unpaired) electrons. The molecule has 4 heteroatoms. The fourth-order valence-electron chi connectivity index (χ4n) is 2.76. The highest BCUT2D eigenvalue weighted by Crippen LogP contribution is 2.33. The molecule has 3 nitrogen and oxygen atoms in total. The fraction of sp³-hybridized carbons (Fsp3) is 0.688. The maximum atomic E-state index is 5.49. The Morgan fingerprint density at radius 3 is 2.95 bits per heavy atom. The minimum absolute atomic E-state index is 0.319. The summed E-state index contributed by atoms with van der Waals surface area (Å²) in [6.07, 6.45) is 6.86. The SMILES string of the molecule is CCCNC(CC1CCSCC1)c1ncccc1OC. The summed E-state index contributed by atoms with van der Waals surface area (Å²) in [5.74, 6) is 4.35. The van der Waals surface area contributed by atoms with Crippen molar-refractivity contribution >= 4 is 11.8 Å². The molecule has 112 valence electrons. The molecule has 0 amide bonds. The number of methoxy groups -OCH3 is 1. The van der Waals surface area contributed by atoms with Crippen molar-refractivity contribution in [3.63, 3.8) is 0 Å². The smallest absolute Gasteiger partial charge is 0.141 e. The molecule has 1 atom stereocenters. The molecule has 20 heavy (non-hydrogen) atoms. The van der Waals surface area contributed by atoms with Crippen LogP contribution in [0.5, 0.6) is 5.75 Å². The van der Waals surface area contributed by atoms with Gasteiger partial charge in [-0.25, -0.2) is 0 Å². The zero-order valence-electron chi connectivity index (χ0n) is 12.6. The second-order valence-corrected chi connectivity index (χ2v) is 6.61. The second-order valence-electron chi connectivity index (χ2n) is 5.39. The van der Waals surface area contributed by atoms with Crippen molar-refractivity contribution in [2.24, 2.45) is 5.92 Å². The molecule has 0 bridgehead atoms. The third kappa shape index (κ3) is 4.38. The first-order valence-electron chi connectivity index (χ1n) is 7.65. The van der Waals surface area contributed by atoms with Gasteiger partial charge in [0.05, 0.1) is 18.8 Å². The quantitative estimate of drug-likeness (QED) is 0.832. The van der Waals surface area contributed by atoms with Gasteiger partial charge in [0.15, 0.2) is 0 Å². The van der Waals surface area contributed by atoms with Gasteiger partial charge in [0, 0.05) is 6.20 Å². The zero-order chi connectivity index (χ0) is 14.2. The largest absolute Gasteiger partial charge is 0.495 e. The number of hydrogen-bond acceptors (Lipinski definition) is 4. The van der Waals surface area contributed by atoms with Crippen molar-refractivity contribution in [2.75, 3.05) is 25.2 Å². The van der Waals surface area contributed by atoms with Crippen molar-refractivity contribution in [1.29, 1.82) is 0 Å². The van der Waals surface area contributed by atoms with Gasteiger partial charge in [-0.2, -0.15) is 11.8 Å². The molecule has 1 aliphatic rings. The second kappa shape index (κ2) is 8.53. The van der Waals surface area contributed by atoms with E-state index in [0.717, 1.165) is 30.3 Å². The number of aromatic nitrogens is 1. The van der Waals surface area contributed by atoms with Crippen LogP contribution >= 0.6 is 11.8 Å². The average molecular weight is 294 g/mol. The van der Waals surface area contributed by atoms with Gasteiger partial charge in [-0.1, -0.05) is 6.92 Å². The van der Waals surface area contributed by atoms with Gasteiger partial charge in [0.1, 0.15) is 5.75 Å². The van der Waals surface area contributed by atoms with Crippen molar-refractivity contribution in [3.05, 3.63) is 24.0 Å². The Morgan fingerprint density at radius 1 is 1.45 bits per heavy atom. The Bertz CT molecular complexity index is 394. The van der Waals surface area contributed by atoms with Crippen LogP contribution in [0.4, 0.5) is 0 Å². The lowest BCUT2D eigenvalue weighted by molar-refractivity contribution is 0.346. The lowest BCUT2D eigenvalue weighted by Crippen LogP contribution is -2.27. The van der Waals surface area contributed by atoms with E-state index in [9.17, 15) is 0 Å². The monoisotopic (exact) mass is 294 g/mol. The van der Waals surface area contributed by atoms with E-state index in [2.05, 4.69) is 29.0 Å². The lowest BCUT2D eigenvalue weighted by Gasteiger charge is -2.27. The van der Waals surface area contributed by atoms with Crippen molar-refractivity contribution < 1.29 is 4.74 Å². The summed E-state index contributed by atoms with van der Waals surface area (Å²) in [4.78, 5) is 4.58. The van der Waals surface area contributed by atoms with E-state index in [4.69, 9.17) is 4.74 Å². The highest BCUT2D eigenvalue weighted by Gasteiger charge is 2.23. The predicted octanol–water partition coefficient (Wildman–Crippen LogP) is 3.66. The molecule has 1 fully saturated rings. The van der Waals surface area contributed by atoms with E-state index in [0.29, 0.717) is 6.04 Å². The first-order valence-corrected chi connectivity index (χ1v) is 8.80. The van der Waals surface area contributed by atoms with Crippen LogP contribution in [0.25, 0.3) is 0 Å². The fourth-order valence-corrected chi connectivity index (χ4v) is 3.97. The van der Waals surface area contributed by atoms with Crippen LogP contribution in [-0.2, 0) is 0 Å². The number of rotatable bonds is 7. The molecule has 0 spiro atoms. The molecule has 2 heterocycles. The Balaban J connectivity index is 2.08.